The molecule has 5 nitrogen and oxygen atoms in total. The average molecular weight is 415 g/mol. The Labute approximate surface area is 177 Å². The lowest BCUT2D eigenvalue weighted by Crippen LogP contribution is -2.39. The first-order valence-corrected chi connectivity index (χ1v) is 10.4. The predicted molar refractivity (Wildman–Crippen MR) is 116 cm³/mol. The SMILES string of the molecule is CC(Oc1ccc(Cl)cc1)C(=O)Nc1ccccc1C(=O)N(C)C1CCCCC1. The van der Waals surface area contributed by atoms with Gasteiger partial charge in [-0.05, 0) is 56.2 Å². The van der Waals surface area contributed by atoms with Gasteiger partial charge in [0.15, 0.2) is 6.10 Å². The van der Waals surface area contributed by atoms with Gasteiger partial charge in [-0.3, -0.25) is 9.59 Å². The molecule has 2 amide bonds. The van der Waals surface area contributed by atoms with Gasteiger partial charge in [0, 0.05) is 18.1 Å². The van der Waals surface area contributed by atoms with Crippen LogP contribution in [0.1, 0.15) is 49.4 Å². The van der Waals surface area contributed by atoms with Crippen LogP contribution in [-0.4, -0.2) is 35.9 Å². The van der Waals surface area contributed by atoms with E-state index in [2.05, 4.69) is 5.32 Å². The van der Waals surface area contributed by atoms with E-state index in [0.717, 1.165) is 25.7 Å². The third-order valence-electron chi connectivity index (χ3n) is 5.35. The standard InChI is InChI=1S/C23H27ClN2O3/c1-16(29-19-14-12-17(24)13-15-19)22(27)25-21-11-7-6-10-20(21)23(28)26(2)18-8-4-3-5-9-18/h6-7,10-16,18H,3-5,8-9H2,1-2H3,(H,25,27). The summed E-state index contributed by atoms with van der Waals surface area (Å²) in [6.07, 6.45) is 4.87. The molecule has 3 rings (SSSR count). The van der Waals surface area contributed by atoms with Crippen molar-refractivity contribution in [2.45, 2.75) is 51.2 Å². The Bertz CT molecular complexity index is 847. The van der Waals surface area contributed by atoms with Gasteiger partial charge in [-0.2, -0.15) is 0 Å². The van der Waals surface area contributed by atoms with Gasteiger partial charge in [-0.25, -0.2) is 0 Å². The minimum absolute atomic E-state index is 0.0703. The number of anilines is 1. The normalized spacial score (nSPS) is 15.4. The largest absolute Gasteiger partial charge is 0.481 e. The van der Waals surface area contributed by atoms with Crippen LogP contribution >= 0.6 is 11.6 Å². The van der Waals surface area contributed by atoms with E-state index < -0.39 is 6.10 Å². The Kier molecular flexibility index (Phi) is 7.15. The van der Waals surface area contributed by atoms with Crippen molar-refractivity contribution >= 4 is 29.1 Å². The molecule has 0 radical (unpaired) electrons. The van der Waals surface area contributed by atoms with E-state index in [9.17, 15) is 9.59 Å². The van der Waals surface area contributed by atoms with Crippen molar-refractivity contribution in [2.24, 2.45) is 0 Å². The van der Waals surface area contributed by atoms with Crippen molar-refractivity contribution in [2.75, 3.05) is 12.4 Å². The molecule has 1 fully saturated rings. The highest BCUT2D eigenvalue weighted by molar-refractivity contribution is 6.30. The molecule has 1 unspecified atom stereocenters. The van der Waals surface area contributed by atoms with Crippen molar-refractivity contribution in [1.82, 2.24) is 4.90 Å². The highest BCUT2D eigenvalue weighted by Crippen LogP contribution is 2.25. The summed E-state index contributed by atoms with van der Waals surface area (Å²) in [6, 6.07) is 14.2. The highest BCUT2D eigenvalue weighted by atomic mass is 35.5. The number of ether oxygens (including phenoxy) is 1. The minimum atomic E-state index is -0.726. The number of amides is 2. The van der Waals surface area contributed by atoms with Crippen LogP contribution < -0.4 is 10.1 Å². The summed E-state index contributed by atoms with van der Waals surface area (Å²) in [7, 11) is 1.85. The fourth-order valence-electron chi connectivity index (χ4n) is 3.61. The van der Waals surface area contributed by atoms with Crippen LogP contribution in [0.25, 0.3) is 0 Å². The maximum atomic E-state index is 13.1. The van der Waals surface area contributed by atoms with E-state index in [1.165, 1.54) is 6.42 Å². The number of carbonyl (C=O) groups excluding carboxylic acids is 2. The second-order valence-corrected chi connectivity index (χ2v) is 7.89. The van der Waals surface area contributed by atoms with Crippen molar-refractivity contribution in [1.29, 1.82) is 0 Å². The third kappa shape index (κ3) is 5.51. The van der Waals surface area contributed by atoms with Gasteiger partial charge in [-0.1, -0.05) is 43.0 Å². The number of rotatable bonds is 6. The number of carbonyl (C=O) groups is 2. The van der Waals surface area contributed by atoms with Crippen LogP contribution in [0.15, 0.2) is 48.5 Å². The molecule has 1 atom stereocenters. The van der Waals surface area contributed by atoms with E-state index in [1.54, 1.807) is 49.4 Å². The van der Waals surface area contributed by atoms with Crippen LogP contribution in [0.3, 0.4) is 0 Å². The number of halogens is 1. The van der Waals surface area contributed by atoms with Crippen molar-refractivity contribution in [3.8, 4) is 5.75 Å². The molecule has 2 aromatic carbocycles. The number of benzene rings is 2. The topological polar surface area (TPSA) is 58.6 Å². The maximum absolute atomic E-state index is 13.1. The van der Waals surface area contributed by atoms with Gasteiger partial charge in [0.2, 0.25) is 0 Å². The minimum Gasteiger partial charge on any atom is -0.481 e. The molecule has 0 aromatic heterocycles. The number of nitrogens with one attached hydrogen (secondary N) is 1. The molecule has 0 bridgehead atoms. The van der Waals surface area contributed by atoms with Gasteiger partial charge in [0.25, 0.3) is 11.8 Å². The maximum Gasteiger partial charge on any atom is 0.265 e. The van der Waals surface area contributed by atoms with Crippen molar-refractivity contribution in [3.05, 3.63) is 59.1 Å². The third-order valence-corrected chi connectivity index (χ3v) is 5.61. The summed E-state index contributed by atoms with van der Waals surface area (Å²) in [5.41, 5.74) is 0.990. The van der Waals surface area contributed by atoms with Crippen LogP contribution in [0.5, 0.6) is 5.75 Å². The molecular formula is C23H27ClN2O3. The van der Waals surface area contributed by atoms with E-state index in [-0.39, 0.29) is 17.9 Å². The van der Waals surface area contributed by atoms with Crippen LogP contribution in [-0.2, 0) is 4.79 Å². The van der Waals surface area contributed by atoms with Crippen LogP contribution in [0, 0.1) is 0 Å². The van der Waals surface area contributed by atoms with E-state index in [1.807, 2.05) is 18.0 Å². The molecule has 1 N–H and O–H groups in total. The molecule has 2 aromatic rings. The summed E-state index contributed by atoms with van der Waals surface area (Å²) in [5.74, 6) is 0.165. The number of nitrogens with zero attached hydrogens (tertiary/aromatic N) is 1. The van der Waals surface area contributed by atoms with Crippen molar-refractivity contribution < 1.29 is 14.3 Å². The first-order chi connectivity index (χ1) is 14.0. The van der Waals surface area contributed by atoms with E-state index in [4.69, 9.17) is 16.3 Å². The zero-order chi connectivity index (χ0) is 20.8. The van der Waals surface area contributed by atoms with Crippen LogP contribution in [0.2, 0.25) is 5.02 Å². The lowest BCUT2D eigenvalue weighted by atomic mass is 9.94. The molecule has 0 aliphatic heterocycles. The zero-order valence-electron chi connectivity index (χ0n) is 16.9. The van der Waals surface area contributed by atoms with E-state index >= 15 is 0 Å². The molecule has 154 valence electrons. The average Bonchev–Trinajstić information content (AvgIpc) is 2.75. The fourth-order valence-corrected chi connectivity index (χ4v) is 3.73. The smallest absolute Gasteiger partial charge is 0.265 e. The Morgan fingerprint density at radius 3 is 2.41 bits per heavy atom. The monoisotopic (exact) mass is 414 g/mol. The number of para-hydroxylation sites is 1. The molecular weight excluding hydrogens is 388 g/mol. The molecule has 1 aliphatic carbocycles. The quantitative estimate of drug-likeness (QED) is 0.711. The second kappa shape index (κ2) is 9.79. The summed E-state index contributed by atoms with van der Waals surface area (Å²) in [5, 5.41) is 3.44. The van der Waals surface area contributed by atoms with Gasteiger partial charge < -0.3 is 15.0 Å². The van der Waals surface area contributed by atoms with Gasteiger partial charge in [0.1, 0.15) is 5.75 Å². The molecule has 0 saturated heterocycles. The summed E-state index contributed by atoms with van der Waals surface area (Å²) in [4.78, 5) is 27.5. The van der Waals surface area contributed by atoms with Gasteiger partial charge in [-0.15, -0.1) is 0 Å². The zero-order valence-corrected chi connectivity index (χ0v) is 17.6. The molecule has 1 saturated carbocycles. The van der Waals surface area contributed by atoms with Crippen LogP contribution in [0.4, 0.5) is 5.69 Å². The molecule has 6 heteroatoms. The summed E-state index contributed by atoms with van der Waals surface area (Å²) >= 11 is 5.88. The lowest BCUT2D eigenvalue weighted by Gasteiger charge is -2.31. The Hall–Kier alpha value is -2.53. The Balaban J connectivity index is 1.68. The Morgan fingerprint density at radius 1 is 1.07 bits per heavy atom. The second-order valence-electron chi connectivity index (χ2n) is 7.46. The lowest BCUT2D eigenvalue weighted by molar-refractivity contribution is -0.122. The Morgan fingerprint density at radius 2 is 1.72 bits per heavy atom. The summed E-state index contributed by atoms with van der Waals surface area (Å²) < 4.78 is 5.68. The molecule has 0 heterocycles. The summed E-state index contributed by atoms with van der Waals surface area (Å²) in [6.45, 7) is 1.67. The molecule has 0 spiro atoms. The first kappa shape index (κ1) is 21.2. The highest BCUT2D eigenvalue weighted by Gasteiger charge is 2.25. The number of hydrogen-bond donors (Lipinski definition) is 1. The molecule has 29 heavy (non-hydrogen) atoms. The van der Waals surface area contributed by atoms with Crippen molar-refractivity contribution in [3.63, 3.8) is 0 Å². The van der Waals surface area contributed by atoms with Gasteiger partial charge >= 0.3 is 0 Å². The number of hydrogen-bond acceptors (Lipinski definition) is 3. The van der Waals surface area contributed by atoms with E-state index in [0.29, 0.717) is 22.0 Å². The fraction of sp³-hybridized carbons (Fsp3) is 0.391. The van der Waals surface area contributed by atoms with Gasteiger partial charge in [0.05, 0.1) is 11.3 Å². The predicted octanol–water partition coefficient (Wildman–Crippen LogP) is 5.15. The molecule has 1 aliphatic rings. The first-order valence-electron chi connectivity index (χ1n) is 10.0.